The quantitative estimate of drug-likeness (QED) is 0.150. The van der Waals surface area contributed by atoms with Gasteiger partial charge in [-0.15, -0.1) is 0 Å². The predicted octanol–water partition coefficient (Wildman–Crippen LogP) is 6.13. The van der Waals surface area contributed by atoms with Crippen molar-refractivity contribution in [1.29, 1.82) is 0 Å². The monoisotopic (exact) mass is 516 g/mol. The second-order valence-electron chi connectivity index (χ2n) is 8.78. The Balaban J connectivity index is 1.66. The molecule has 5 aromatic carbocycles. The molecule has 0 unspecified atom stereocenters. The molecule has 0 aliphatic carbocycles. The van der Waals surface area contributed by atoms with Crippen LogP contribution in [-0.4, -0.2) is 31.2 Å². The summed E-state index contributed by atoms with van der Waals surface area (Å²) in [6.45, 7) is 0. The van der Waals surface area contributed by atoms with Gasteiger partial charge >= 0.3 is 214 Å². The SMILES string of the molecule is C1=[N+](c2ccccc2)C[Se]c2c1cccc2C(c1ccccc1)(c1ccccc1)c1ccccc1. The van der Waals surface area contributed by atoms with Gasteiger partial charge in [-0.25, -0.2) is 0 Å². The Bertz CT molecular complexity index is 1360. The summed E-state index contributed by atoms with van der Waals surface area (Å²) < 4.78 is 3.89. The number of fused-ring (bicyclic) bond motifs is 1. The van der Waals surface area contributed by atoms with Crippen molar-refractivity contribution < 1.29 is 4.58 Å². The average Bonchev–Trinajstić information content (AvgIpc) is 2.95. The van der Waals surface area contributed by atoms with Crippen molar-refractivity contribution in [3.63, 3.8) is 0 Å². The van der Waals surface area contributed by atoms with Gasteiger partial charge in [0, 0.05) is 0 Å². The molecule has 0 atom stereocenters. The molecule has 0 spiro atoms. The number of para-hydroxylation sites is 1. The Morgan fingerprint density at radius 2 is 1.00 bits per heavy atom. The number of hydrogen-bond acceptors (Lipinski definition) is 0. The maximum atomic E-state index is 2.40. The minimum atomic E-state index is -0.389. The van der Waals surface area contributed by atoms with Crippen LogP contribution in [0.5, 0.6) is 0 Å². The minimum absolute atomic E-state index is 0.292. The third-order valence-electron chi connectivity index (χ3n) is 6.80. The van der Waals surface area contributed by atoms with E-state index < -0.39 is 0 Å². The van der Waals surface area contributed by atoms with E-state index in [0.29, 0.717) is 15.0 Å². The van der Waals surface area contributed by atoms with Crippen LogP contribution in [0.1, 0.15) is 27.8 Å². The van der Waals surface area contributed by atoms with Crippen LogP contribution in [0.15, 0.2) is 140 Å². The van der Waals surface area contributed by atoms with E-state index in [1.165, 1.54) is 38.0 Å². The van der Waals surface area contributed by atoms with Gasteiger partial charge in [0.25, 0.3) is 0 Å². The van der Waals surface area contributed by atoms with Gasteiger partial charge in [0.2, 0.25) is 0 Å². The summed E-state index contributed by atoms with van der Waals surface area (Å²) in [6.07, 6.45) is 2.34. The van der Waals surface area contributed by atoms with Crippen LogP contribution in [0.2, 0.25) is 0 Å². The topological polar surface area (TPSA) is 3.01 Å². The third kappa shape index (κ3) is 3.86. The van der Waals surface area contributed by atoms with Gasteiger partial charge in [0.15, 0.2) is 0 Å². The standard InChI is InChI=1S/C33H26NSe/c1-5-15-27(16-6-1)33(28-17-7-2-8-18-28,29-19-9-3-10-20-29)31-23-13-14-26-24-34(25-35-32(26)31)30-21-11-4-12-22-30/h1-24H,25H2/q+1. The Morgan fingerprint density at radius 3 is 1.51 bits per heavy atom. The van der Waals surface area contributed by atoms with Crippen LogP contribution in [0.4, 0.5) is 5.69 Å². The molecule has 168 valence electrons. The molecule has 35 heavy (non-hydrogen) atoms. The van der Waals surface area contributed by atoms with E-state index in [1.54, 1.807) is 0 Å². The fraction of sp³-hybridized carbons (Fsp3) is 0.0606. The average molecular weight is 516 g/mol. The molecule has 0 saturated heterocycles. The van der Waals surface area contributed by atoms with E-state index in [4.69, 9.17) is 0 Å². The van der Waals surface area contributed by atoms with E-state index >= 15 is 0 Å². The first-order valence-electron chi connectivity index (χ1n) is 12.0. The molecular formula is C33H26NSe+. The number of benzene rings is 5. The van der Waals surface area contributed by atoms with Crippen LogP contribution in [-0.2, 0) is 5.41 Å². The molecule has 6 rings (SSSR count). The van der Waals surface area contributed by atoms with Crippen molar-refractivity contribution in [3.05, 3.63) is 167 Å². The summed E-state index contributed by atoms with van der Waals surface area (Å²) in [6, 6.07) is 50.6. The van der Waals surface area contributed by atoms with Crippen molar-refractivity contribution in [2.75, 3.05) is 5.44 Å². The summed E-state index contributed by atoms with van der Waals surface area (Å²) in [5.41, 5.74) is 8.50. The number of hydrogen-bond donors (Lipinski definition) is 0. The molecule has 0 bridgehead atoms. The number of nitrogens with zero attached hydrogens (tertiary/aromatic N) is 1. The first-order chi connectivity index (χ1) is 17.4. The Morgan fingerprint density at radius 1 is 0.514 bits per heavy atom. The van der Waals surface area contributed by atoms with Crippen molar-refractivity contribution in [2.45, 2.75) is 5.41 Å². The van der Waals surface area contributed by atoms with Crippen molar-refractivity contribution in [2.24, 2.45) is 0 Å². The summed E-state index contributed by atoms with van der Waals surface area (Å²) in [7, 11) is 0. The Labute approximate surface area is 213 Å². The molecule has 5 aromatic rings. The Kier molecular flexibility index (Phi) is 5.92. The third-order valence-corrected chi connectivity index (χ3v) is 9.22. The van der Waals surface area contributed by atoms with E-state index in [9.17, 15) is 0 Å². The van der Waals surface area contributed by atoms with E-state index in [-0.39, 0.29) is 5.41 Å². The zero-order chi connectivity index (χ0) is 23.5. The van der Waals surface area contributed by atoms with E-state index in [2.05, 4.69) is 150 Å². The molecule has 0 radical (unpaired) electrons. The molecular weight excluding hydrogens is 489 g/mol. The second-order valence-corrected chi connectivity index (χ2v) is 10.8. The molecule has 0 N–H and O–H groups in total. The van der Waals surface area contributed by atoms with E-state index in [1.807, 2.05) is 0 Å². The van der Waals surface area contributed by atoms with Gasteiger partial charge < -0.3 is 0 Å². The summed E-state index contributed by atoms with van der Waals surface area (Å²) in [5.74, 6) is 0. The second kappa shape index (κ2) is 9.50. The summed E-state index contributed by atoms with van der Waals surface area (Å²) in [4.78, 5) is 0. The van der Waals surface area contributed by atoms with Crippen LogP contribution >= 0.6 is 0 Å². The normalized spacial score (nSPS) is 13.1. The fourth-order valence-corrected chi connectivity index (χ4v) is 7.68. The van der Waals surface area contributed by atoms with Crippen LogP contribution in [0.3, 0.4) is 0 Å². The van der Waals surface area contributed by atoms with Crippen molar-refractivity contribution >= 4 is 31.3 Å². The number of rotatable bonds is 5. The van der Waals surface area contributed by atoms with Crippen molar-refractivity contribution in [3.8, 4) is 0 Å². The molecule has 1 heterocycles. The summed E-state index contributed by atoms with van der Waals surface area (Å²) >= 11 is 0.292. The van der Waals surface area contributed by atoms with Gasteiger partial charge in [0.1, 0.15) is 0 Å². The van der Waals surface area contributed by atoms with Gasteiger partial charge in [-0.05, 0) is 0 Å². The predicted molar refractivity (Wildman–Crippen MR) is 147 cm³/mol. The first kappa shape index (κ1) is 21.8. The van der Waals surface area contributed by atoms with Crippen LogP contribution < -0.4 is 4.46 Å². The molecule has 0 saturated carbocycles. The van der Waals surface area contributed by atoms with Crippen LogP contribution in [0, 0.1) is 0 Å². The molecule has 2 heteroatoms. The van der Waals surface area contributed by atoms with Gasteiger partial charge in [-0.1, -0.05) is 0 Å². The molecule has 1 aliphatic heterocycles. The van der Waals surface area contributed by atoms with Crippen LogP contribution in [0.25, 0.3) is 0 Å². The molecule has 0 amide bonds. The Hall–Kier alpha value is -3.71. The van der Waals surface area contributed by atoms with Gasteiger partial charge in [0.05, 0.1) is 0 Å². The molecule has 0 fully saturated rings. The summed E-state index contributed by atoms with van der Waals surface area (Å²) in [5, 5.41) is 0. The van der Waals surface area contributed by atoms with Gasteiger partial charge in [-0.3, -0.25) is 0 Å². The zero-order valence-electron chi connectivity index (χ0n) is 19.4. The zero-order valence-corrected chi connectivity index (χ0v) is 21.1. The molecule has 1 nitrogen and oxygen atoms in total. The first-order valence-corrected chi connectivity index (χ1v) is 14.0. The van der Waals surface area contributed by atoms with Gasteiger partial charge in [-0.2, -0.15) is 0 Å². The van der Waals surface area contributed by atoms with Crippen molar-refractivity contribution in [1.82, 2.24) is 0 Å². The molecule has 0 aromatic heterocycles. The van der Waals surface area contributed by atoms with E-state index in [0.717, 1.165) is 5.44 Å². The molecule has 1 aliphatic rings. The fourth-order valence-electron chi connectivity index (χ4n) is 5.25. The maximum absolute atomic E-state index is 2.40.